The molecule has 0 saturated carbocycles. The van der Waals surface area contributed by atoms with Gasteiger partial charge in [0.15, 0.2) is 0 Å². The fourth-order valence-corrected chi connectivity index (χ4v) is 1.81. The summed E-state index contributed by atoms with van der Waals surface area (Å²) in [4.78, 5) is 4.33. The van der Waals surface area contributed by atoms with Crippen LogP contribution in [0, 0.1) is 11.8 Å². The standard InChI is InChI=1S/C17H11N/c1-2-5-14(6-3-1)8-9-15-10-11-16-7-4-12-18-17(16)13-15/h1-7,10-13H. The highest BCUT2D eigenvalue weighted by atomic mass is 14.6. The van der Waals surface area contributed by atoms with E-state index < -0.39 is 0 Å². The summed E-state index contributed by atoms with van der Waals surface area (Å²) in [6.45, 7) is 0. The van der Waals surface area contributed by atoms with Crippen LogP contribution in [-0.2, 0) is 0 Å². The monoisotopic (exact) mass is 229 g/mol. The van der Waals surface area contributed by atoms with E-state index in [0.29, 0.717) is 0 Å². The minimum atomic E-state index is 0.984. The quantitative estimate of drug-likeness (QED) is 0.536. The van der Waals surface area contributed by atoms with Crippen LogP contribution in [0.25, 0.3) is 10.9 Å². The number of hydrogen-bond donors (Lipinski definition) is 0. The SMILES string of the molecule is C(#Cc1ccc2cccnc2c1)c1ccccc1. The van der Waals surface area contributed by atoms with E-state index in [1.807, 2.05) is 48.5 Å². The number of aromatic nitrogens is 1. The van der Waals surface area contributed by atoms with Gasteiger partial charge in [-0.2, -0.15) is 0 Å². The van der Waals surface area contributed by atoms with Crippen LogP contribution in [0.1, 0.15) is 11.1 Å². The zero-order valence-electron chi connectivity index (χ0n) is 9.80. The third-order valence-electron chi connectivity index (χ3n) is 2.73. The molecule has 0 atom stereocenters. The molecule has 0 unspecified atom stereocenters. The first-order valence-corrected chi connectivity index (χ1v) is 5.84. The summed E-state index contributed by atoms with van der Waals surface area (Å²) in [5.41, 5.74) is 3.00. The second kappa shape index (κ2) is 4.73. The Morgan fingerprint density at radius 1 is 0.722 bits per heavy atom. The van der Waals surface area contributed by atoms with Crippen molar-refractivity contribution in [1.29, 1.82) is 0 Å². The lowest BCUT2D eigenvalue weighted by Gasteiger charge is -1.96. The predicted octanol–water partition coefficient (Wildman–Crippen LogP) is 3.63. The highest BCUT2D eigenvalue weighted by molar-refractivity contribution is 5.79. The second-order valence-electron chi connectivity index (χ2n) is 4.03. The van der Waals surface area contributed by atoms with Gasteiger partial charge in [0.25, 0.3) is 0 Å². The molecule has 0 spiro atoms. The Hall–Kier alpha value is -2.59. The number of benzene rings is 2. The summed E-state index contributed by atoms with van der Waals surface area (Å²) in [7, 11) is 0. The molecule has 3 rings (SSSR count). The molecule has 0 aliphatic heterocycles. The van der Waals surface area contributed by atoms with Crippen LogP contribution in [0.3, 0.4) is 0 Å². The van der Waals surface area contributed by atoms with Crippen LogP contribution in [0.4, 0.5) is 0 Å². The van der Waals surface area contributed by atoms with Crippen molar-refractivity contribution in [3.05, 3.63) is 78.0 Å². The van der Waals surface area contributed by atoms with Gasteiger partial charge in [-0.1, -0.05) is 42.2 Å². The number of hydrogen-bond acceptors (Lipinski definition) is 1. The van der Waals surface area contributed by atoms with Gasteiger partial charge in [0.1, 0.15) is 0 Å². The Kier molecular flexibility index (Phi) is 2.77. The first-order valence-electron chi connectivity index (χ1n) is 5.84. The molecule has 0 aliphatic carbocycles. The summed E-state index contributed by atoms with van der Waals surface area (Å²) in [5.74, 6) is 6.31. The number of nitrogens with zero attached hydrogens (tertiary/aromatic N) is 1. The van der Waals surface area contributed by atoms with Crippen LogP contribution in [0.15, 0.2) is 66.9 Å². The Labute approximate surface area is 106 Å². The topological polar surface area (TPSA) is 12.9 Å². The smallest absolute Gasteiger partial charge is 0.0714 e. The Balaban J connectivity index is 1.99. The van der Waals surface area contributed by atoms with Gasteiger partial charge in [-0.3, -0.25) is 4.98 Å². The van der Waals surface area contributed by atoms with Crippen molar-refractivity contribution in [1.82, 2.24) is 4.98 Å². The lowest BCUT2D eigenvalue weighted by Crippen LogP contribution is -1.80. The molecule has 0 radical (unpaired) electrons. The summed E-state index contributed by atoms with van der Waals surface area (Å²) < 4.78 is 0. The molecule has 0 N–H and O–H groups in total. The van der Waals surface area contributed by atoms with Crippen LogP contribution in [0.2, 0.25) is 0 Å². The number of fused-ring (bicyclic) bond motifs is 1. The van der Waals surface area contributed by atoms with Crippen molar-refractivity contribution in [2.24, 2.45) is 0 Å². The van der Waals surface area contributed by atoms with Crippen molar-refractivity contribution in [3.63, 3.8) is 0 Å². The molecule has 2 aromatic carbocycles. The normalized spacial score (nSPS) is 9.78. The third kappa shape index (κ3) is 2.23. The maximum atomic E-state index is 4.33. The fourth-order valence-electron chi connectivity index (χ4n) is 1.81. The molecule has 1 aromatic heterocycles. The van der Waals surface area contributed by atoms with Crippen molar-refractivity contribution in [2.45, 2.75) is 0 Å². The molecule has 0 bridgehead atoms. The minimum Gasteiger partial charge on any atom is -0.256 e. The second-order valence-corrected chi connectivity index (χ2v) is 4.03. The van der Waals surface area contributed by atoms with Crippen molar-refractivity contribution in [3.8, 4) is 11.8 Å². The Bertz CT molecular complexity index is 733. The van der Waals surface area contributed by atoms with Crippen molar-refractivity contribution < 1.29 is 0 Å². The van der Waals surface area contributed by atoms with Crippen LogP contribution < -0.4 is 0 Å². The summed E-state index contributed by atoms with van der Waals surface area (Å²) in [6, 6.07) is 20.1. The molecular weight excluding hydrogens is 218 g/mol. The molecule has 1 heterocycles. The van der Waals surface area contributed by atoms with E-state index >= 15 is 0 Å². The first kappa shape index (κ1) is 10.6. The molecule has 1 nitrogen and oxygen atoms in total. The van der Waals surface area contributed by atoms with Gasteiger partial charge in [-0.15, -0.1) is 0 Å². The van der Waals surface area contributed by atoms with Gasteiger partial charge in [0, 0.05) is 22.7 Å². The van der Waals surface area contributed by atoms with E-state index in [1.165, 1.54) is 0 Å². The van der Waals surface area contributed by atoms with Gasteiger partial charge < -0.3 is 0 Å². The number of rotatable bonds is 0. The van der Waals surface area contributed by atoms with Gasteiger partial charge in [0.05, 0.1) is 5.52 Å². The lowest BCUT2D eigenvalue weighted by molar-refractivity contribution is 1.41. The van der Waals surface area contributed by atoms with E-state index in [2.05, 4.69) is 29.0 Å². The zero-order valence-corrected chi connectivity index (χ0v) is 9.80. The van der Waals surface area contributed by atoms with E-state index in [9.17, 15) is 0 Å². The largest absolute Gasteiger partial charge is 0.256 e. The number of pyridine rings is 1. The van der Waals surface area contributed by atoms with Crippen molar-refractivity contribution in [2.75, 3.05) is 0 Å². The van der Waals surface area contributed by atoms with Crippen LogP contribution >= 0.6 is 0 Å². The average Bonchev–Trinajstić information content (AvgIpc) is 2.46. The summed E-state index contributed by atoms with van der Waals surface area (Å²) in [6.07, 6.45) is 1.80. The van der Waals surface area contributed by atoms with Gasteiger partial charge >= 0.3 is 0 Å². The molecule has 84 valence electrons. The zero-order chi connectivity index (χ0) is 12.2. The van der Waals surface area contributed by atoms with Gasteiger partial charge in [-0.05, 0) is 30.3 Å². The highest BCUT2D eigenvalue weighted by Gasteiger charge is 1.93. The Morgan fingerprint density at radius 3 is 2.44 bits per heavy atom. The molecule has 0 fully saturated rings. The summed E-state index contributed by atoms with van der Waals surface area (Å²) >= 11 is 0. The molecule has 0 amide bonds. The van der Waals surface area contributed by atoms with E-state index in [0.717, 1.165) is 22.0 Å². The third-order valence-corrected chi connectivity index (χ3v) is 2.73. The first-order chi connectivity index (χ1) is 8.92. The molecular formula is C17H11N. The maximum absolute atomic E-state index is 4.33. The molecule has 1 heteroatoms. The van der Waals surface area contributed by atoms with Gasteiger partial charge in [-0.25, -0.2) is 0 Å². The summed E-state index contributed by atoms with van der Waals surface area (Å²) in [5, 5.41) is 1.14. The van der Waals surface area contributed by atoms with E-state index in [4.69, 9.17) is 0 Å². The van der Waals surface area contributed by atoms with Crippen LogP contribution in [-0.4, -0.2) is 4.98 Å². The highest BCUT2D eigenvalue weighted by Crippen LogP contribution is 2.12. The maximum Gasteiger partial charge on any atom is 0.0714 e. The predicted molar refractivity (Wildman–Crippen MR) is 74.2 cm³/mol. The van der Waals surface area contributed by atoms with Crippen molar-refractivity contribution >= 4 is 10.9 Å². The van der Waals surface area contributed by atoms with Gasteiger partial charge in [0.2, 0.25) is 0 Å². The van der Waals surface area contributed by atoms with E-state index in [-0.39, 0.29) is 0 Å². The average molecular weight is 229 g/mol. The fraction of sp³-hybridized carbons (Fsp3) is 0. The van der Waals surface area contributed by atoms with E-state index in [1.54, 1.807) is 6.20 Å². The lowest BCUT2D eigenvalue weighted by atomic mass is 10.1. The molecule has 18 heavy (non-hydrogen) atoms. The molecule has 0 aliphatic rings. The molecule has 3 aromatic rings. The molecule has 0 saturated heterocycles. The van der Waals surface area contributed by atoms with Crippen LogP contribution in [0.5, 0.6) is 0 Å². The Morgan fingerprint density at radius 2 is 1.56 bits per heavy atom. The minimum absolute atomic E-state index is 0.984.